The lowest BCUT2D eigenvalue weighted by Gasteiger charge is -2.36. The molecule has 1 amide bonds. The van der Waals surface area contributed by atoms with Crippen molar-refractivity contribution in [2.45, 2.75) is 32.5 Å². The smallest absolute Gasteiger partial charge is 0.338 e. The molecule has 6 nitrogen and oxygen atoms in total. The fourth-order valence-electron chi connectivity index (χ4n) is 4.45. The molecule has 0 fully saturated rings. The molecule has 3 aromatic carbocycles. The van der Waals surface area contributed by atoms with E-state index in [0.717, 1.165) is 11.1 Å². The van der Waals surface area contributed by atoms with Crippen LogP contribution in [-0.2, 0) is 27.5 Å². The Morgan fingerprint density at radius 2 is 1.69 bits per heavy atom. The second kappa shape index (κ2) is 11.7. The Balaban J connectivity index is 1.39. The van der Waals surface area contributed by atoms with E-state index >= 15 is 4.39 Å². The zero-order chi connectivity index (χ0) is 27.4. The highest BCUT2D eigenvalue weighted by Crippen LogP contribution is 2.45. The fourth-order valence-corrected chi connectivity index (χ4v) is 5.42. The average Bonchev–Trinajstić information content (AvgIpc) is 3.33. The number of amides is 1. The quantitative estimate of drug-likeness (QED) is 0.352. The monoisotopic (exact) mass is 545 g/mol. The Morgan fingerprint density at radius 1 is 0.974 bits per heavy atom. The zero-order valence-electron chi connectivity index (χ0n) is 21.1. The maximum atomic E-state index is 15.2. The number of benzene rings is 3. The predicted molar refractivity (Wildman–Crippen MR) is 146 cm³/mol. The fraction of sp³-hybridized carbons (Fsp3) is 0.167. The lowest BCUT2D eigenvalue weighted by molar-refractivity contribution is -0.141. The molecule has 3 aromatic rings. The summed E-state index contributed by atoms with van der Waals surface area (Å²) in [5.41, 5.74) is 3.06. The summed E-state index contributed by atoms with van der Waals surface area (Å²) in [6.07, 6.45) is -0.0242. The van der Waals surface area contributed by atoms with Crippen LogP contribution < -0.4 is 5.32 Å². The number of carbonyl (C=O) groups excluding carboxylic acids is 2. The van der Waals surface area contributed by atoms with Crippen molar-refractivity contribution in [2.24, 2.45) is 4.99 Å². The van der Waals surface area contributed by atoms with E-state index in [1.165, 1.54) is 30.0 Å². The number of rotatable bonds is 8. The van der Waals surface area contributed by atoms with E-state index < -0.39 is 17.8 Å². The number of thioether (sulfide) groups is 1. The van der Waals surface area contributed by atoms with Gasteiger partial charge in [0, 0.05) is 17.8 Å². The topological polar surface area (TPSA) is 71.0 Å². The van der Waals surface area contributed by atoms with E-state index in [4.69, 9.17) is 4.74 Å². The molecule has 39 heavy (non-hydrogen) atoms. The Morgan fingerprint density at radius 3 is 2.44 bits per heavy atom. The van der Waals surface area contributed by atoms with Gasteiger partial charge in [0.05, 0.1) is 23.7 Å². The molecule has 5 rings (SSSR count). The highest BCUT2D eigenvalue weighted by molar-refractivity contribution is 8.16. The molecule has 0 spiro atoms. The van der Waals surface area contributed by atoms with E-state index in [1.54, 1.807) is 47.6 Å². The lowest BCUT2D eigenvalue weighted by Crippen LogP contribution is -2.38. The standard InChI is InChI=1S/C30H25F2N3O3S/c1-19-27(29(37)38-17-21-7-3-2-4-8-21)28(24-9-5-6-10-25(24)32)35-23(18-39-30(35)34-19)15-26(36)33-16-20-11-13-22(31)14-12-20/h2-14,18,28H,15-17H2,1H3,(H,33,36). The largest absolute Gasteiger partial charge is 0.457 e. The first-order chi connectivity index (χ1) is 18.9. The predicted octanol–water partition coefficient (Wildman–Crippen LogP) is 5.99. The van der Waals surface area contributed by atoms with Gasteiger partial charge in [-0.25, -0.2) is 18.6 Å². The van der Waals surface area contributed by atoms with Crippen molar-refractivity contribution >= 4 is 28.8 Å². The molecule has 0 bridgehead atoms. The first-order valence-electron chi connectivity index (χ1n) is 12.3. The highest BCUT2D eigenvalue weighted by Gasteiger charge is 2.42. The van der Waals surface area contributed by atoms with Gasteiger partial charge in [-0.2, -0.15) is 0 Å². The van der Waals surface area contributed by atoms with Crippen molar-refractivity contribution in [1.29, 1.82) is 0 Å². The normalized spacial score (nSPS) is 16.4. The number of esters is 1. The minimum Gasteiger partial charge on any atom is -0.457 e. The summed E-state index contributed by atoms with van der Waals surface area (Å²) in [4.78, 5) is 32.7. The van der Waals surface area contributed by atoms with E-state index in [1.807, 2.05) is 30.3 Å². The van der Waals surface area contributed by atoms with Gasteiger partial charge in [-0.05, 0) is 41.7 Å². The molecule has 0 saturated carbocycles. The maximum absolute atomic E-state index is 15.2. The number of fused-ring (bicyclic) bond motifs is 1. The molecule has 0 radical (unpaired) electrons. The molecule has 0 saturated heterocycles. The number of hydrogen-bond donors (Lipinski definition) is 1. The van der Waals surface area contributed by atoms with Crippen LogP contribution in [0.2, 0.25) is 0 Å². The Kier molecular flexibility index (Phi) is 7.88. The van der Waals surface area contributed by atoms with E-state index in [-0.39, 0.29) is 42.4 Å². The van der Waals surface area contributed by atoms with Crippen LogP contribution in [0, 0.1) is 11.6 Å². The van der Waals surface area contributed by atoms with Gasteiger partial charge < -0.3 is 15.0 Å². The van der Waals surface area contributed by atoms with Crippen molar-refractivity contribution in [2.75, 3.05) is 0 Å². The Labute approximate surface area is 229 Å². The third-order valence-corrected chi connectivity index (χ3v) is 7.27. The summed E-state index contributed by atoms with van der Waals surface area (Å²) in [5.74, 6) is -1.72. The minimum atomic E-state index is -0.867. The van der Waals surface area contributed by atoms with E-state index in [0.29, 0.717) is 16.6 Å². The summed E-state index contributed by atoms with van der Waals surface area (Å²) in [6, 6.07) is 20.5. The highest BCUT2D eigenvalue weighted by atomic mass is 32.2. The molecule has 0 aromatic heterocycles. The van der Waals surface area contributed by atoms with Gasteiger partial charge in [-0.3, -0.25) is 4.79 Å². The maximum Gasteiger partial charge on any atom is 0.338 e. The molecule has 2 aliphatic rings. The van der Waals surface area contributed by atoms with Gasteiger partial charge in [-0.1, -0.05) is 72.4 Å². The van der Waals surface area contributed by atoms with Crippen LogP contribution in [0.5, 0.6) is 0 Å². The zero-order valence-corrected chi connectivity index (χ0v) is 21.9. The SMILES string of the molecule is CC1=C(C(=O)OCc2ccccc2)C(c2ccccc2F)N2C(CC(=O)NCc3ccc(F)cc3)=CSC2=N1. The first kappa shape index (κ1) is 26.4. The molecule has 9 heteroatoms. The number of allylic oxidation sites excluding steroid dienone is 1. The van der Waals surface area contributed by atoms with Gasteiger partial charge in [0.2, 0.25) is 5.91 Å². The molecule has 2 aliphatic heterocycles. The van der Waals surface area contributed by atoms with Gasteiger partial charge in [0.25, 0.3) is 0 Å². The summed E-state index contributed by atoms with van der Waals surface area (Å²) in [7, 11) is 0. The van der Waals surface area contributed by atoms with Gasteiger partial charge in [0.1, 0.15) is 18.2 Å². The number of nitrogens with zero attached hydrogens (tertiary/aromatic N) is 2. The number of hydrogen-bond acceptors (Lipinski definition) is 6. The number of carbonyl (C=O) groups is 2. The van der Waals surface area contributed by atoms with Gasteiger partial charge >= 0.3 is 5.97 Å². The van der Waals surface area contributed by atoms with Crippen molar-refractivity contribution in [3.8, 4) is 0 Å². The number of amidine groups is 1. The summed E-state index contributed by atoms with van der Waals surface area (Å²) < 4.78 is 34.0. The number of nitrogens with one attached hydrogen (secondary N) is 1. The number of aliphatic imine (C=N–C) groups is 1. The van der Waals surface area contributed by atoms with Crippen LogP contribution in [0.25, 0.3) is 0 Å². The molecule has 2 heterocycles. The Hall–Kier alpha value is -4.24. The number of halogens is 2. The van der Waals surface area contributed by atoms with E-state index in [9.17, 15) is 14.0 Å². The summed E-state index contributed by atoms with van der Waals surface area (Å²) >= 11 is 1.31. The molecular formula is C30H25F2N3O3S. The summed E-state index contributed by atoms with van der Waals surface area (Å²) in [5, 5.41) is 5.16. The first-order valence-corrected chi connectivity index (χ1v) is 13.2. The van der Waals surface area contributed by atoms with Gasteiger partial charge in [-0.15, -0.1) is 0 Å². The Bertz CT molecular complexity index is 1490. The van der Waals surface area contributed by atoms with Crippen molar-refractivity contribution in [3.05, 3.63) is 130 Å². The summed E-state index contributed by atoms with van der Waals surface area (Å²) in [6.45, 7) is 1.98. The average molecular weight is 546 g/mol. The molecule has 198 valence electrons. The van der Waals surface area contributed by atoms with Crippen LogP contribution in [-0.4, -0.2) is 21.9 Å². The van der Waals surface area contributed by atoms with Crippen LogP contribution >= 0.6 is 11.8 Å². The van der Waals surface area contributed by atoms with Crippen LogP contribution in [0.15, 0.2) is 106 Å². The van der Waals surface area contributed by atoms with Crippen LogP contribution in [0.1, 0.15) is 36.1 Å². The van der Waals surface area contributed by atoms with Crippen molar-refractivity contribution in [3.63, 3.8) is 0 Å². The van der Waals surface area contributed by atoms with Crippen LogP contribution in [0.3, 0.4) is 0 Å². The third-order valence-electron chi connectivity index (χ3n) is 6.38. The second-order valence-electron chi connectivity index (χ2n) is 9.06. The third kappa shape index (κ3) is 5.93. The lowest BCUT2D eigenvalue weighted by atomic mass is 9.93. The minimum absolute atomic E-state index is 0.0242. The molecular weight excluding hydrogens is 520 g/mol. The molecule has 1 unspecified atom stereocenters. The second-order valence-corrected chi connectivity index (χ2v) is 9.89. The van der Waals surface area contributed by atoms with Crippen molar-refractivity contribution in [1.82, 2.24) is 10.2 Å². The van der Waals surface area contributed by atoms with Gasteiger partial charge in [0.15, 0.2) is 5.17 Å². The van der Waals surface area contributed by atoms with Crippen LogP contribution in [0.4, 0.5) is 8.78 Å². The molecule has 1 atom stereocenters. The molecule has 0 aliphatic carbocycles. The van der Waals surface area contributed by atoms with Crippen molar-refractivity contribution < 1.29 is 23.1 Å². The number of ether oxygens (including phenoxy) is 1. The molecule has 1 N–H and O–H groups in total. The van der Waals surface area contributed by atoms with E-state index in [2.05, 4.69) is 10.3 Å².